The highest BCUT2D eigenvalue weighted by molar-refractivity contribution is 5.99. The molecule has 1 aliphatic carbocycles. The third kappa shape index (κ3) is 3.87. The summed E-state index contributed by atoms with van der Waals surface area (Å²) in [6, 6.07) is 13.8. The first-order chi connectivity index (χ1) is 15.2. The lowest BCUT2D eigenvalue weighted by Gasteiger charge is -2.33. The van der Waals surface area contributed by atoms with Gasteiger partial charge in [0.2, 0.25) is 11.8 Å². The number of fused-ring (bicyclic) bond motifs is 2. The first-order valence-electron chi connectivity index (χ1n) is 11.3. The van der Waals surface area contributed by atoms with Crippen molar-refractivity contribution in [3.05, 3.63) is 53.6 Å². The topological polar surface area (TPSA) is 67.9 Å². The number of benzene rings is 2. The van der Waals surface area contributed by atoms with Crippen LogP contribution in [0.3, 0.4) is 0 Å². The SMILES string of the molecule is O=C(NCc1cccc2c1OCCO2)C1CCCCC1C(=O)N1CCc2ccccc21. The molecule has 0 aromatic heterocycles. The Kier molecular flexibility index (Phi) is 5.53. The van der Waals surface area contributed by atoms with Crippen LogP contribution < -0.4 is 19.7 Å². The van der Waals surface area contributed by atoms with Crippen molar-refractivity contribution >= 4 is 17.5 Å². The second-order valence-corrected chi connectivity index (χ2v) is 8.53. The molecule has 2 amide bonds. The highest BCUT2D eigenvalue weighted by Crippen LogP contribution is 2.37. The number of nitrogens with one attached hydrogen (secondary N) is 1. The average molecular weight is 421 g/mol. The molecule has 3 aliphatic rings. The normalized spacial score (nSPS) is 22.0. The molecule has 0 bridgehead atoms. The number of ether oxygens (including phenoxy) is 2. The summed E-state index contributed by atoms with van der Waals surface area (Å²) in [5.74, 6) is 0.934. The molecule has 2 aromatic rings. The lowest BCUT2D eigenvalue weighted by molar-refractivity contribution is -0.135. The first-order valence-corrected chi connectivity index (χ1v) is 11.3. The molecule has 1 N–H and O–H groups in total. The van der Waals surface area contributed by atoms with Crippen molar-refractivity contribution in [1.29, 1.82) is 0 Å². The molecule has 1 saturated carbocycles. The molecule has 162 valence electrons. The molecule has 2 atom stereocenters. The summed E-state index contributed by atoms with van der Waals surface area (Å²) in [5, 5.41) is 3.07. The predicted octanol–water partition coefficient (Wildman–Crippen LogP) is 3.47. The Bertz CT molecular complexity index is 989. The fraction of sp³-hybridized carbons (Fsp3) is 0.440. The van der Waals surface area contributed by atoms with E-state index in [1.807, 2.05) is 41.3 Å². The smallest absolute Gasteiger partial charge is 0.230 e. The number of nitrogens with zero attached hydrogens (tertiary/aromatic N) is 1. The van der Waals surface area contributed by atoms with Gasteiger partial charge in [0.1, 0.15) is 13.2 Å². The Morgan fingerprint density at radius 2 is 1.77 bits per heavy atom. The number of rotatable bonds is 4. The van der Waals surface area contributed by atoms with E-state index in [0.717, 1.165) is 49.1 Å². The van der Waals surface area contributed by atoms with Crippen molar-refractivity contribution in [3.63, 3.8) is 0 Å². The molecule has 0 spiro atoms. The Morgan fingerprint density at radius 1 is 0.968 bits per heavy atom. The van der Waals surface area contributed by atoms with Crippen LogP contribution in [-0.4, -0.2) is 31.6 Å². The Labute approximate surface area is 182 Å². The van der Waals surface area contributed by atoms with Crippen molar-refractivity contribution in [2.24, 2.45) is 11.8 Å². The summed E-state index contributed by atoms with van der Waals surface area (Å²) in [6.45, 7) is 2.12. The summed E-state index contributed by atoms with van der Waals surface area (Å²) in [5.41, 5.74) is 3.12. The third-order valence-electron chi connectivity index (χ3n) is 6.67. The predicted molar refractivity (Wildman–Crippen MR) is 117 cm³/mol. The molecular formula is C25H28N2O4. The number of amides is 2. The van der Waals surface area contributed by atoms with Crippen molar-refractivity contribution in [2.75, 3.05) is 24.7 Å². The monoisotopic (exact) mass is 420 g/mol. The number of carbonyl (C=O) groups excluding carboxylic acids is 2. The van der Waals surface area contributed by atoms with Crippen LogP contribution in [0, 0.1) is 11.8 Å². The minimum absolute atomic E-state index is 0.0418. The van der Waals surface area contributed by atoms with Gasteiger partial charge in [-0.25, -0.2) is 0 Å². The van der Waals surface area contributed by atoms with Gasteiger partial charge in [0.05, 0.1) is 5.92 Å². The standard InChI is InChI=1S/C25H28N2O4/c28-24(26-16-18-7-5-11-22-23(18)31-15-14-30-22)19-8-2-3-9-20(19)25(29)27-13-12-17-6-1-4-10-21(17)27/h1,4-7,10-11,19-20H,2-3,8-9,12-16H2,(H,26,28). The van der Waals surface area contributed by atoms with Gasteiger partial charge in [-0.15, -0.1) is 0 Å². The molecule has 0 radical (unpaired) electrons. The summed E-state index contributed by atoms with van der Waals surface area (Å²) in [6.07, 6.45) is 4.38. The van der Waals surface area contributed by atoms with E-state index in [1.165, 1.54) is 5.56 Å². The fourth-order valence-electron chi connectivity index (χ4n) is 5.09. The van der Waals surface area contributed by atoms with Gasteiger partial charge in [0.25, 0.3) is 0 Å². The van der Waals surface area contributed by atoms with Crippen LogP contribution in [0.1, 0.15) is 36.8 Å². The van der Waals surface area contributed by atoms with E-state index in [4.69, 9.17) is 9.47 Å². The number of anilines is 1. The molecule has 2 unspecified atom stereocenters. The second kappa shape index (κ2) is 8.61. The molecule has 1 fully saturated rings. The molecular weight excluding hydrogens is 392 g/mol. The van der Waals surface area contributed by atoms with E-state index in [1.54, 1.807) is 0 Å². The quantitative estimate of drug-likeness (QED) is 0.823. The van der Waals surface area contributed by atoms with Gasteiger partial charge < -0.3 is 19.7 Å². The van der Waals surface area contributed by atoms with Gasteiger partial charge in [-0.2, -0.15) is 0 Å². The van der Waals surface area contributed by atoms with E-state index >= 15 is 0 Å². The van der Waals surface area contributed by atoms with Crippen molar-refractivity contribution in [2.45, 2.75) is 38.6 Å². The van der Waals surface area contributed by atoms with Gasteiger partial charge in [0.15, 0.2) is 11.5 Å². The largest absolute Gasteiger partial charge is 0.486 e. The van der Waals surface area contributed by atoms with Gasteiger partial charge in [-0.1, -0.05) is 43.2 Å². The highest BCUT2D eigenvalue weighted by atomic mass is 16.6. The molecule has 6 nitrogen and oxygen atoms in total. The molecule has 2 aliphatic heterocycles. The zero-order chi connectivity index (χ0) is 21.2. The summed E-state index contributed by atoms with van der Waals surface area (Å²) < 4.78 is 11.4. The summed E-state index contributed by atoms with van der Waals surface area (Å²) in [4.78, 5) is 28.5. The number of hydrogen-bond donors (Lipinski definition) is 1. The van der Waals surface area contributed by atoms with Gasteiger partial charge >= 0.3 is 0 Å². The third-order valence-corrected chi connectivity index (χ3v) is 6.67. The fourth-order valence-corrected chi connectivity index (χ4v) is 5.09. The van der Waals surface area contributed by atoms with Gasteiger partial charge in [-0.3, -0.25) is 9.59 Å². The van der Waals surface area contributed by atoms with Crippen molar-refractivity contribution < 1.29 is 19.1 Å². The minimum atomic E-state index is -0.286. The second-order valence-electron chi connectivity index (χ2n) is 8.53. The van der Waals surface area contributed by atoms with Crippen LogP contribution in [-0.2, 0) is 22.6 Å². The van der Waals surface area contributed by atoms with Crippen molar-refractivity contribution in [1.82, 2.24) is 5.32 Å². The van der Waals surface area contributed by atoms with E-state index < -0.39 is 0 Å². The zero-order valence-electron chi connectivity index (χ0n) is 17.6. The van der Waals surface area contributed by atoms with E-state index in [2.05, 4.69) is 11.4 Å². The van der Waals surface area contributed by atoms with Crippen LogP contribution >= 0.6 is 0 Å². The molecule has 2 aromatic carbocycles. The molecule has 31 heavy (non-hydrogen) atoms. The van der Waals surface area contributed by atoms with Crippen molar-refractivity contribution in [3.8, 4) is 11.5 Å². The minimum Gasteiger partial charge on any atom is -0.486 e. The molecule has 6 heteroatoms. The Hall–Kier alpha value is -3.02. The maximum Gasteiger partial charge on any atom is 0.230 e. The molecule has 0 saturated heterocycles. The summed E-state index contributed by atoms with van der Waals surface area (Å²) in [7, 11) is 0. The van der Waals surface area contributed by atoms with Crippen LogP contribution in [0.25, 0.3) is 0 Å². The van der Waals surface area contributed by atoms with Gasteiger partial charge in [0, 0.05) is 30.3 Å². The van der Waals surface area contributed by atoms with Crippen LogP contribution in [0.4, 0.5) is 5.69 Å². The Balaban J connectivity index is 1.29. The molecule has 2 heterocycles. The maximum atomic E-state index is 13.5. The van der Waals surface area contributed by atoms with Crippen LogP contribution in [0.5, 0.6) is 11.5 Å². The Morgan fingerprint density at radius 3 is 2.68 bits per heavy atom. The highest BCUT2D eigenvalue weighted by Gasteiger charge is 2.39. The number of carbonyl (C=O) groups is 2. The first kappa shape index (κ1) is 19.9. The lowest BCUT2D eigenvalue weighted by Crippen LogP contribution is -2.45. The number of para-hydroxylation sites is 2. The van der Waals surface area contributed by atoms with E-state index in [9.17, 15) is 9.59 Å². The zero-order valence-corrected chi connectivity index (χ0v) is 17.6. The summed E-state index contributed by atoms with van der Waals surface area (Å²) >= 11 is 0. The lowest BCUT2D eigenvalue weighted by atomic mass is 9.77. The van der Waals surface area contributed by atoms with E-state index in [-0.39, 0.29) is 23.7 Å². The van der Waals surface area contributed by atoms with Crippen LogP contribution in [0.2, 0.25) is 0 Å². The van der Waals surface area contributed by atoms with E-state index in [0.29, 0.717) is 32.1 Å². The van der Waals surface area contributed by atoms with Crippen LogP contribution in [0.15, 0.2) is 42.5 Å². The number of hydrogen-bond acceptors (Lipinski definition) is 4. The van der Waals surface area contributed by atoms with Gasteiger partial charge in [-0.05, 0) is 37.0 Å². The average Bonchev–Trinajstić information content (AvgIpc) is 3.26. The maximum absolute atomic E-state index is 13.5. The molecule has 5 rings (SSSR count).